The summed E-state index contributed by atoms with van der Waals surface area (Å²) in [6, 6.07) is 9.34. The van der Waals surface area contributed by atoms with Gasteiger partial charge in [-0.2, -0.15) is 0 Å². The Labute approximate surface area is 183 Å². The van der Waals surface area contributed by atoms with Gasteiger partial charge in [0.1, 0.15) is 30.0 Å². The number of nitrogens with zero attached hydrogens (tertiary/aromatic N) is 4. The number of fused-ring (bicyclic) bond motifs is 2. The zero-order valence-electron chi connectivity index (χ0n) is 16.9. The topological polar surface area (TPSA) is 110 Å². The number of halogens is 1. The Bertz CT molecular complexity index is 1330. The summed E-state index contributed by atoms with van der Waals surface area (Å²) in [4.78, 5) is 12.9. The summed E-state index contributed by atoms with van der Waals surface area (Å²) >= 11 is 6.05. The van der Waals surface area contributed by atoms with Crippen molar-refractivity contribution in [3.63, 3.8) is 0 Å². The maximum Gasteiger partial charge on any atom is 0.144 e. The first-order chi connectivity index (χ1) is 14.9. The van der Waals surface area contributed by atoms with E-state index in [1.54, 1.807) is 6.07 Å². The summed E-state index contributed by atoms with van der Waals surface area (Å²) < 4.78 is 1.90. The van der Waals surface area contributed by atoms with Gasteiger partial charge in [0, 0.05) is 17.0 Å². The van der Waals surface area contributed by atoms with E-state index >= 15 is 0 Å². The van der Waals surface area contributed by atoms with Gasteiger partial charge in [-0.05, 0) is 49.1 Å². The van der Waals surface area contributed by atoms with Crippen LogP contribution in [0.5, 0.6) is 0 Å². The zero-order valence-corrected chi connectivity index (χ0v) is 17.7. The lowest BCUT2D eigenvalue weighted by molar-refractivity contribution is 0.0317. The highest BCUT2D eigenvalue weighted by Crippen LogP contribution is 2.34. The fraction of sp³-hybridized carbons (Fsp3) is 0.261. The summed E-state index contributed by atoms with van der Waals surface area (Å²) in [5, 5.41) is 23.7. The van der Waals surface area contributed by atoms with Crippen molar-refractivity contribution in [1.29, 1.82) is 0 Å². The first kappa shape index (κ1) is 19.9. The number of anilines is 1. The second-order valence-electron chi connectivity index (χ2n) is 7.97. The van der Waals surface area contributed by atoms with Gasteiger partial charge in [-0.25, -0.2) is 15.0 Å². The van der Waals surface area contributed by atoms with Crippen LogP contribution in [0.25, 0.3) is 21.9 Å². The minimum Gasteiger partial charge on any atom is -0.388 e. The highest BCUT2D eigenvalue weighted by atomic mass is 35.5. The third kappa shape index (κ3) is 3.44. The van der Waals surface area contributed by atoms with Gasteiger partial charge in [0.15, 0.2) is 0 Å². The van der Waals surface area contributed by atoms with E-state index in [1.807, 2.05) is 48.0 Å². The summed E-state index contributed by atoms with van der Waals surface area (Å²) in [6.45, 7) is 1.93. The number of benzene rings is 1. The molecule has 7 nitrogen and oxygen atoms in total. The van der Waals surface area contributed by atoms with Crippen LogP contribution in [0.4, 0.5) is 5.82 Å². The minimum absolute atomic E-state index is 0.309. The molecule has 5 rings (SSSR count). The number of rotatable bonds is 4. The first-order valence-electron chi connectivity index (χ1n) is 10.1. The average molecular weight is 436 g/mol. The molecule has 0 saturated heterocycles. The predicted molar refractivity (Wildman–Crippen MR) is 121 cm³/mol. The smallest absolute Gasteiger partial charge is 0.144 e. The Morgan fingerprint density at radius 1 is 1.13 bits per heavy atom. The van der Waals surface area contributed by atoms with Gasteiger partial charge in [0.25, 0.3) is 0 Å². The Hall–Kier alpha value is -3.00. The van der Waals surface area contributed by atoms with Gasteiger partial charge < -0.3 is 20.5 Å². The van der Waals surface area contributed by atoms with Gasteiger partial charge in [-0.1, -0.05) is 29.8 Å². The highest BCUT2D eigenvalue weighted by molar-refractivity contribution is 6.33. The molecule has 0 saturated carbocycles. The molecule has 1 aliphatic carbocycles. The van der Waals surface area contributed by atoms with E-state index in [0.29, 0.717) is 23.7 Å². The number of nitrogens with two attached hydrogens (primary N) is 1. The molecule has 0 aliphatic heterocycles. The molecule has 31 heavy (non-hydrogen) atoms. The van der Waals surface area contributed by atoms with Crippen LogP contribution in [-0.2, 0) is 6.42 Å². The number of hydrogen-bond donors (Lipinski definition) is 3. The van der Waals surface area contributed by atoms with Gasteiger partial charge in [0.05, 0.1) is 22.3 Å². The van der Waals surface area contributed by atoms with Crippen molar-refractivity contribution in [2.45, 2.75) is 38.0 Å². The van der Waals surface area contributed by atoms with Gasteiger partial charge in [-0.3, -0.25) is 0 Å². The number of aromatic nitrogens is 4. The number of aliphatic hydroxyl groups excluding tert-OH is 2. The monoisotopic (exact) mass is 435 g/mol. The second-order valence-corrected chi connectivity index (χ2v) is 8.38. The number of aryl methyl sites for hydroxylation is 2. The van der Waals surface area contributed by atoms with Crippen LogP contribution >= 0.6 is 11.6 Å². The Balaban J connectivity index is 1.39. The molecule has 1 aliphatic rings. The SMILES string of the molecule is Cc1ncnc2c1ccn2[C@@H]1C=C(CCc2ccc3cc(Cl)c(N)nc3c2)[C@@H](O)[C@H]1O. The maximum absolute atomic E-state index is 10.7. The molecular formula is C23H22ClN5O2. The molecule has 3 heterocycles. The predicted octanol–water partition coefficient (Wildman–Crippen LogP) is 3.36. The van der Waals surface area contributed by atoms with E-state index in [0.717, 1.165) is 38.8 Å². The molecule has 4 aromatic rings. The van der Waals surface area contributed by atoms with Crippen molar-refractivity contribution >= 4 is 39.4 Å². The molecular weight excluding hydrogens is 414 g/mol. The largest absolute Gasteiger partial charge is 0.388 e. The summed E-state index contributed by atoms with van der Waals surface area (Å²) in [5.41, 5.74) is 10.1. The Kier molecular flexibility index (Phi) is 4.89. The fourth-order valence-corrected chi connectivity index (χ4v) is 4.44. The van der Waals surface area contributed by atoms with Crippen molar-refractivity contribution in [2.75, 3.05) is 5.73 Å². The molecule has 158 valence electrons. The van der Waals surface area contributed by atoms with E-state index < -0.39 is 12.2 Å². The van der Waals surface area contributed by atoms with E-state index in [1.165, 1.54) is 6.33 Å². The zero-order chi connectivity index (χ0) is 21.7. The van der Waals surface area contributed by atoms with E-state index in [9.17, 15) is 10.2 Å². The standard InChI is InChI=1S/C23H22ClN5O2/c1-12-16-6-7-29(23(16)27-11-26-12)19-10-15(20(30)21(19)31)5-3-13-2-4-14-9-17(24)22(25)28-18(14)8-13/h2,4,6-11,19-21,30-31H,3,5H2,1H3,(H2,25,28)/t19-,20-,21+/m1/s1. The van der Waals surface area contributed by atoms with E-state index in [-0.39, 0.29) is 6.04 Å². The van der Waals surface area contributed by atoms with Crippen LogP contribution in [-0.4, -0.2) is 41.9 Å². The molecule has 0 bridgehead atoms. The minimum atomic E-state index is -0.930. The second kappa shape index (κ2) is 7.60. The lowest BCUT2D eigenvalue weighted by atomic mass is 10.0. The summed E-state index contributed by atoms with van der Waals surface area (Å²) in [6.07, 6.45) is 4.83. The first-order valence-corrected chi connectivity index (χ1v) is 10.5. The summed E-state index contributed by atoms with van der Waals surface area (Å²) in [7, 11) is 0. The van der Waals surface area contributed by atoms with Crippen LogP contribution in [0.2, 0.25) is 5.02 Å². The third-order valence-electron chi connectivity index (χ3n) is 6.03. The van der Waals surface area contributed by atoms with Gasteiger partial charge in [0.2, 0.25) is 0 Å². The van der Waals surface area contributed by atoms with Gasteiger partial charge >= 0.3 is 0 Å². The van der Waals surface area contributed by atoms with Gasteiger partial charge in [-0.15, -0.1) is 0 Å². The van der Waals surface area contributed by atoms with Crippen LogP contribution in [0.1, 0.15) is 23.7 Å². The van der Waals surface area contributed by atoms with Crippen molar-refractivity contribution < 1.29 is 10.2 Å². The Morgan fingerprint density at radius 2 is 1.97 bits per heavy atom. The van der Waals surface area contributed by atoms with Crippen molar-refractivity contribution in [1.82, 2.24) is 19.5 Å². The van der Waals surface area contributed by atoms with Crippen molar-refractivity contribution in [3.05, 3.63) is 70.8 Å². The highest BCUT2D eigenvalue weighted by Gasteiger charge is 2.36. The van der Waals surface area contributed by atoms with E-state index in [4.69, 9.17) is 17.3 Å². The number of aliphatic hydroxyl groups is 2. The molecule has 3 atom stereocenters. The quantitative estimate of drug-likeness (QED) is 0.424. The average Bonchev–Trinajstić information content (AvgIpc) is 3.30. The normalized spacial score (nSPS) is 21.2. The number of nitrogen functional groups attached to an aromatic ring is 1. The molecule has 0 unspecified atom stereocenters. The molecule has 1 aromatic carbocycles. The van der Waals surface area contributed by atoms with Crippen molar-refractivity contribution in [3.8, 4) is 0 Å². The van der Waals surface area contributed by atoms with Crippen LogP contribution in [0, 0.1) is 6.92 Å². The lowest BCUT2D eigenvalue weighted by Crippen LogP contribution is -2.29. The molecule has 0 radical (unpaired) electrons. The fourth-order valence-electron chi connectivity index (χ4n) is 4.28. The molecule has 0 fully saturated rings. The number of pyridine rings is 1. The van der Waals surface area contributed by atoms with Crippen LogP contribution < -0.4 is 5.73 Å². The Morgan fingerprint density at radius 3 is 2.81 bits per heavy atom. The third-order valence-corrected chi connectivity index (χ3v) is 6.34. The number of hydrogen-bond acceptors (Lipinski definition) is 6. The lowest BCUT2D eigenvalue weighted by Gasteiger charge is -2.19. The van der Waals surface area contributed by atoms with E-state index in [2.05, 4.69) is 15.0 Å². The molecule has 4 N–H and O–H groups in total. The maximum atomic E-state index is 10.7. The molecule has 3 aromatic heterocycles. The van der Waals surface area contributed by atoms with Crippen molar-refractivity contribution in [2.24, 2.45) is 0 Å². The molecule has 0 amide bonds. The van der Waals surface area contributed by atoms with Crippen LogP contribution in [0.15, 0.2) is 54.5 Å². The molecule has 0 spiro atoms. The summed E-state index contributed by atoms with van der Waals surface area (Å²) in [5.74, 6) is 0.309. The van der Waals surface area contributed by atoms with Crippen LogP contribution in [0.3, 0.4) is 0 Å². The molecule has 8 heteroatoms.